The molecule has 0 spiro atoms. The number of hydrogen-bond acceptors (Lipinski definition) is 8. The van der Waals surface area contributed by atoms with E-state index >= 15 is 0 Å². The lowest BCUT2D eigenvalue weighted by atomic mass is 10.4. The molecule has 0 bridgehead atoms. The van der Waals surface area contributed by atoms with Crippen LogP contribution in [0, 0.1) is 0 Å². The van der Waals surface area contributed by atoms with Crippen LogP contribution < -0.4 is 10.6 Å². The van der Waals surface area contributed by atoms with Crippen LogP contribution in [-0.2, 0) is 28.4 Å². The van der Waals surface area contributed by atoms with Crippen molar-refractivity contribution in [1.82, 2.24) is 10.6 Å². The van der Waals surface area contributed by atoms with E-state index in [1.807, 2.05) is 0 Å². The Labute approximate surface area is 183 Å². The molecule has 0 saturated heterocycles. The Hall–Kier alpha value is -1.16. The van der Waals surface area contributed by atoms with Gasteiger partial charge in [-0.2, -0.15) is 0 Å². The number of nitrogens with one attached hydrogen (secondary N) is 2. The van der Waals surface area contributed by atoms with Crippen LogP contribution in [0.3, 0.4) is 0 Å². The molecule has 0 radical (unpaired) electrons. The number of rotatable bonds is 25. The van der Waals surface area contributed by atoms with Crippen molar-refractivity contribution in [2.75, 3.05) is 92.2 Å². The van der Waals surface area contributed by atoms with Gasteiger partial charge < -0.3 is 39.1 Å². The van der Waals surface area contributed by atoms with Crippen molar-refractivity contribution in [2.24, 2.45) is 0 Å². The zero-order valence-corrected chi connectivity index (χ0v) is 19.2. The van der Waals surface area contributed by atoms with Gasteiger partial charge in [0.25, 0.3) is 0 Å². The smallest absolute Gasteiger partial charge is 0.111 e. The van der Waals surface area contributed by atoms with Crippen LogP contribution in [0.15, 0.2) is 24.7 Å². The molecular formula is C22H44N2O6. The first-order valence-corrected chi connectivity index (χ1v) is 11.0. The van der Waals surface area contributed by atoms with Crippen molar-refractivity contribution < 1.29 is 28.4 Å². The fourth-order valence-corrected chi connectivity index (χ4v) is 2.15. The van der Waals surface area contributed by atoms with E-state index < -0.39 is 0 Å². The van der Waals surface area contributed by atoms with Crippen LogP contribution in [0.1, 0.15) is 26.7 Å². The van der Waals surface area contributed by atoms with Crippen molar-refractivity contribution >= 4 is 0 Å². The molecular weight excluding hydrogens is 388 g/mol. The lowest BCUT2D eigenvalue weighted by Gasteiger charge is -2.12. The Kier molecular flexibility index (Phi) is 23.2. The third kappa shape index (κ3) is 23.1. The van der Waals surface area contributed by atoms with Gasteiger partial charge in [0.15, 0.2) is 0 Å². The third-order valence-corrected chi connectivity index (χ3v) is 3.65. The summed E-state index contributed by atoms with van der Waals surface area (Å²) in [5, 5.41) is 6.46. The first-order valence-electron chi connectivity index (χ1n) is 11.0. The molecule has 30 heavy (non-hydrogen) atoms. The van der Waals surface area contributed by atoms with Crippen LogP contribution in [-0.4, -0.2) is 92.2 Å². The lowest BCUT2D eigenvalue weighted by molar-refractivity contribution is -0.00712. The number of hydrogen-bond donors (Lipinski definition) is 2. The predicted octanol–water partition coefficient (Wildman–Crippen LogP) is 2.11. The van der Waals surface area contributed by atoms with Crippen molar-refractivity contribution in [3.8, 4) is 0 Å². The van der Waals surface area contributed by atoms with Crippen LogP contribution in [0.5, 0.6) is 0 Å². The zero-order valence-electron chi connectivity index (χ0n) is 19.2. The molecule has 0 aliphatic carbocycles. The Bertz CT molecular complexity index is 396. The maximum Gasteiger partial charge on any atom is 0.111 e. The summed E-state index contributed by atoms with van der Waals surface area (Å²) in [7, 11) is 0. The largest absolute Gasteiger partial charge is 0.496 e. The molecule has 0 aromatic rings. The molecule has 0 atom stereocenters. The van der Waals surface area contributed by atoms with Gasteiger partial charge in [0.1, 0.15) is 24.7 Å². The van der Waals surface area contributed by atoms with E-state index in [1.165, 1.54) is 0 Å². The Morgan fingerprint density at radius 2 is 0.967 bits per heavy atom. The summed E-state index contributed by atoms with van der Waals surface area (Å²) < 4.78 is 32.6. The monoisotopic (exact) mass is 432 g/mol. The minimum atomic E-state index is 0.470. The van der Waals surface area contributed by atoms with E-state index in [4.69, 9.17) is 28.4 Å². The van der Waals surface area contributed by atoms with Gasteiger partial charge in [0, 0.05) is 13.2 Å². The maximum absolute atomic E-state index is 5.52. The van der Waals surface area contributed by atoms with Crippen molar-refractivity contribution in [2.45, 2.75) is 26.7 Å². The highest BCUT2D eigenvalue weighted by Crippen LogP contribution is 1.93. The minimum absolute atomic E-state index is 0.470. The molecule has 0 fully saturated rings. The first-order chi connectivity index (χ1) is 14.7. The topological polar surface area (TPSA) is 79.4 Å². The highest BCUT2D eigenvalue weighted by molar-refractivity contribution is 4.86. The summed E-state index contributed by atoms with van der Waals surface area (Å²) in [6, 6.07) is 0. The molecule has 0 rings (SSSR count). The van der Waals surface area contributed by atoms with Gasteiger partial charge in [-0.1, -0.05) is 27.0 Å². The quantitative estimate of drug-likeness (QED) is 0.168. The van der Waals surface area contributed by atoms with Gasteiger partial charge in [0.05, 0.1) is 59.3 Å². The van der Waals surface area contributed by atoms with Crippen molar-refractivity contribution in [1.29, 1.82) is 0 Å². The van der Waals surface area contributed by atoms with Crippen molar-refractivity contribution in [3.05, 3.63) is 24.7 Å². The second-order valence-corrected chi connectivity index (χ2v) is 6.58. The summed E-state index contributed by atoms with van der Waals surface area (Å²) in [4.78, 5) is 0. The first kappa shape index (κ1) is 28.8. The Morgan fingerprint density at radius 3 is 1.47 bits per heavy atom. The summed E-state index contributed by atoms with van der Waals surface area (Å²) in [6.45, 7) is 20.7. The maximum atomic E-state index is 5.52. The van der Waals surface area contributed by atoms with Crippen LogP contribution in [0.2, 0.25) is 0 Å². The van der Waals surface area contributed by atoms with E-state index in [9.17, 15) is 0 Å². The SMILES string of the molecule is C=C(CNCCC)OCCNCC(=C)OCCOCCOCCOCCOCCC. The van der Waals surface area contributed by atoms with E-state index in [0.717, 1.165) is 31.8 Å². The van der Waals surface area contributed by atoms with Gasteiger partial charge in [0.2, 0.25) is 0 Å². The van der Waals surface area contributed by atoms with Crippen LogP contribution >= 0.6 is 0 Å². The molecule has 0 saturated carbocycles. The average Bonchev–Trinajstić information content (AvgIpc) is 2.74. The summed E-state index contributed by atoms with van der Waals surface area (Å²) in [5.41, 5.74) is 0. The molecule has 8 nitrogen and oxygen atoms in total. The lowest BCUT2D eigenvalue weighted by Crippen LogP contribution is -2.24. The molecule has 0 unspecified atom stereocenters. The van der Waals surface area contributed by atoms with Gasteiger partial charge in [-0.25, -0.2) is 0 Å². The van der Waals surface area contributed by atoms with E-state index in [0.29, 0.717) is 84.9 Å². The van der Waals surface area contributed by atoms with Gasteiger partial charge in [-0.15, -0.1) is 0 Å². The van der Waals surface area contributed by atoms with Gasteiger partial charge in [-0.05, 0) is 19.4 Å². The number of ether oxygens (including phenoxy) is 6. The zero-order chi connectivity index (χ0) is 22.1. The van der Waals surface area contributed by atoms with E-state index in [-0.39, 0.29) is 0 Å². The fraction of sp³-hybridized carbons (Fsp3) is 0.818. The van der Waals surface area contributed by atoms with Gasteiger partial charge in [-0.3, -0.25) is 0 Å². The fourth-order valence-electron chi connectivity index (χ4n) is 2.15. The summed E-state index contributed by atoms with van der Waals surface area (Å²) in [5.74, 6) is 1.43. The highest BCUT2D eigenvalue weighted by atomic mass is 16.6. The van der Waals surface area contributed by atoms with E-state index in [1.54, 1.807) is 0 Å². The molecule has 0 aromatic carbocycles. The van der Waals surface area contributed by atoms with E-state index in [2.05, 4.69) is 37.6 Å². The Morgan fingerprint density at radius 1 is 0.533 bits per heavy atom. The molecule has 0 amide bonds. The second-order valence-electron chi connectivity index (χ2n) is 6.58. The average molecular weight is 433 g/mol. The third-order valence-electron chi connectivity index (χ3n) is 3.65. The summed E-state index contributed by atoms with van der Waals surface area (Å²) in [6.07, 6.45) is 2.13. The van der Waals surface area contributed by atoms with Gasteiger partial charge >= 0.3 is 0 Å². The molecule has 178 valence electrons. The minimum Gasteiger partial charge on any atom is -0.496 e. The van der Waals surface area contributed by atoms with Crippen LogP contribution in [0.4, 0.5) is 0 Å². The van der Waals surface area contributed by atoms with Crippen LogP contribution in [0.25, 0.3) is 0 Å². The molecule has 0 heterocycles. The molecule has 0 aromatic heterocycles. The summed E-state index contributed by atoms with van der Waals surface area (Å²) >= 11 is 0. The highest BCUT2D eigenvalue weighted by Gasteiger charge is 1.98. The molecule has 8 heteroatoms. The molecule has 2 N–H and O–H groups in total. The normalized spacial score (nSPS) is 10.9. The molecule has 0 aliphatic rings. The van der Waals surface area contributed by atoms with Crippen molar-refractivity contribution in [3.63, 3.8) is 0 Å². The Balaban J connectivity index is 3.22. The second kappa shape index (κ2) is 24.1. The predicted molar refractivity (Wildman–Crippen MR) is 120 cm³/mol. The standard InChI is InChI=1S/C22H44N2O6/c1-5-7-23-19-21(3)29-10-8-24-20-22(4)30-18-17-28-16-15-27-14-13-26-12-11-25-9-6-2/h23-24H,3-20H2,1-2H3. The molecule has 0 aliphatic heterocycles.